The third-order valence-corrected chi connectivity index (χ3v) is 6.60. The van der Waals surface area contributed by atoms with E-state index in [1.807, 2.05) is 0 Å². The summed E-state index contributed by atoms with van der Waals surface area (Å²) in [5.74, 6) is 0.923. The van der Waals surface area contributed by atoms with E-state index in [9.17, 15) is 13.2 Å². The summed E-state index contributed by atoms with van der Waals surface area (Å²) >= 11 is 0. The first-order valence-corrected chi connectivity index (χ1v) is 10.3. The molecule has 9 heteroatoms. The molecule has 1 fully saturated rings. The first kappa shape index (κ1) is 16.3. The number of carbonyl (C=O) groups is 1. The molecular weight excluding hydrogens is 344 g/mol. The van der Waals surface area contributed by atoms with Gasteiger partial charge in [0.1, 0.15) is 5.76 Å². The van der Waals surface area contributed by atoms with Crippen molar-refractivity contribution in [2.75, 3.05) is 16.8 Å². The van der Waals surface area contributed by atoms with E-state index in [1.165, 1.54) is 0 Å². The highest BCUT2D eigenvalue weighted by Gasteiger charge is 2.34. The second-order valence-corrected chi connectivity index (χ2v) is 8.99. The summed E-state index contributed by atoms with van der Waals surface area (Å²) in [6, 6.07) is 1.47. The average Bonchev–Trinajstić information content (AvgIpc) is 3.24. The molecule has 0 radical (unpaired) electrons. The second kappa shape index (κ2) is 5.98. The molecule has 0 bridgehead atoms. The largest absolute Gasteiger partial charge is 0.360 e. The Morgan fingerprint density at radius 2 is 2.16 bits per heavy atom. The number of aryl methyl sites for hydroxylation is 1. The molecular formula is C16H20N4O4S. The van der Waals surface area contributed by atoms with Gasteiger partial charge in [-0.2, -0.15) is 5.10 Å². The van der Waals surface area contributed by atoms with Gasteiger partial charge in [0.25, 0.3) is 5.91 Å². The van der Waals surface area contributed by atoms with Crippen LogP contribution in [-0.4, -0.2) is 40.8 Å². The van der Waals surface area contributed by atoms with E-state index in [4.69, 9.17) is 4.52 Å². The predicted octanol–water partition coefficient (Wildman–Crippen LogP) is 1.67. The van der Waals surface area contributed by atoms with Gasteiger partial charge in [0.2, 0.25) is 0 Å². The van der Waals surface area contributed by atoms with Gasteiger partial charge in [-0.3, -0.25) is 9.48 Å². The first-order chi connectivity index (χ1) is 11.9. The minimum absolute atomic E-state index is 0.102. The third kappa shape index (κ3) is 3.08. The molecule has 134 valence electrons. The fourth-order valence-electron chi connectivity index (χ4n) is 3.68. The van der Waals surface area contributed by atoms with E-state index < -0.39 is 9.84 Å². The molecule has 4 rings (SSSR count). The van der Waals surface area contributed by atoms with E-state index in [1.54, 1.807) is 17.7 Å². The normalized spacial score (nSPS) is 21.9. The summed E-state index contributed by atoms with van der Waals surface area (Å²) in [5, 5.41) is 11.0. The maximum Gasteiger partial charge on any atom is 0.277 e. The number of hydrogen-bond donors (Lipinski definition) is 1. The quantitative estimate of drug-likeness (QED) is 0.888. The van der Waals surface area contributed by atoms with Crippen molar-refractivity contribution in [1.82, 2.24) is 14.9 Å². The van der Waals surface area contributed by atoms with Gasteiger partial charge in [-0.15, -0.1) is 0 Å². The summed E-state index contributed by atoms with van der Waals surface area (Å²) in [7, 11) is -3.01. The van der Waals surface area contributed by atoms with Gasteiger partial charge in [-0.25, -0.2) is 8.42 Å². The van der Waals surface area contributed by atoms with Crippen LogP contribution in [0.5, 0.6) is 0 Å². The molecule has 2 aromatic rings. The molecule has 1 aliphatic heterocycles. The fourth-order valence-corrected chi connectivity index (χ4v) is 5.37. The number of nitrogens with zero attached hydrogens (tertiary/aromatic N) is 3. The summed E-state index contributed by atoms with van der Waals surface area (Å²) in [5.41, 5.74) is 2.32. The van der Waals surface area contributed by atoms with E-state index >= 15 is 0 Å². The van der Waals surface area contributed by atoms with Crippen LogP contribution in [0.25, 0.3) is 0 Å². The molecule has 2 aromatic heterocycles. The molecule has 2 aliphatic rings. The van der Waals surface area contributed by atoms with Crippen LogP contribution in [0.1, 0.15) is 52.8 Å². The van der Waals surface area contributed by atoms with E-state index in [-0.39, 0.29) is 23.5 Å². The number of anilines is 1. The third-order valence-electron chi connectivity index (χ3n) is 4.85. The topological polar surface area (TPSA) is 107 Å². The molecule has 3 heterocycles. The van der Waals surface area contributed by atoms with E-state index in [0.29, 0.717) is 23.7 Å². The number of amides is 1. The van der Waals surface area contributed by atoms with Crippen molar-refractivity contribution in [3.05, 3.63) is 28.8 Å². The lowest BCUT2D eigenvalue weighted by Gasteiger charge is -2.17. The number of hydrogen-bond acceptors (Lipinski definition) is 6. The highest BCUT2D eigenvalue weighted by molar-refractivity contribution is 7.91. The van der Waals surface area contributed by atoms with E-state index in [0.717, 1.165) is 36.9 Å². The molecule has 0 saturated carbocycles. The lowest BCUT2D eigenvalue weighted by molar-refractivity contribution is 0.101. The Balaban J connectivity index is 1.67. The smallest absolute Gasteiger partial charge is 0.277 e. The van der Waals surface area contributed by atoms with Crippen LogP contribution in [-0.2, 0) is 22.7 Å². The summed E-state index contributed by atoms with van der Waals surface area (Å²) in [6.45, 7) is 1.75. The van der Waals surface area contributed by atoms with Gasteiger partial charge in [0.05, 0.1) is 17.5 Å². The minimum Gasteiger partial charge on any atom is -0.360 e. The van der Waals surface area contributed by atoms with Gasteiger partial charge < -0.3 is 9.84 Å². The van der Waals surface area contributed by atoms with Gasteiger partial charge in [-0.05, 0) is 39.0 Å². The lowest BCUT2D eigenvalue weighted by Crippen LogP contribution is -2.17. The molecule has 25 heavy (non-hydrogen) atoms. The van der Waals surface area contributed by atoms with Crippen molar-refractivity contribution in [2.45, 2.75) is 45.1 Å². The molecule has 8 nitrogen and oxygen atoms in total. The van der Waals surface area contributed by atoms with Crippen molar-refractivity contribution in [3.8, 4) is 0 Å². The molecule has 1 saturated heterocycles. The Bertz CT molecular complexity index is 928. The van der Waals surface area contributed by atoms with Gasteiger partial charge in [0, 0.05) is 17.3 Å². The molecule has 1 N–H and O–H groups in total. The Hall–Kier alpha value is -2.16. The van der Waals surface area contributed by atoms with Crippen LogP contribution in [0.15, 0.2) is 10.6 Å². The van der Waals surface area contributed by atoms with Crippen molar-refractivity contribution in [3.63, 3.8) is 0 Å². The SMILES string of the molecule is Cc1cc(NC(=O)c2nn([C@H]3CCS(=O)(=O)C3)c3c2CCCC3)no1. The van der Waals surface area contributed by atoms with Gasteiger partial charge in [-0.1, -0.05) is 5.16 Å². The lowest BCUT2D eigenvalue weighted by atomic mass is 9.95. The number of aromatic nitrogens is 3. The standard InChI is InChI=1S/C16H20N4O4S/c1-10-8-14(19-24-10)17-16(21)15-12-4-2-3-5-13(12)20(18-15)11-6-7-25(22,23)9-11/h8,11H,2-7,9H2,1H3,(H,17,19,21)/t11-/m0/s1. The van der Waals surface area contributed by atoms with Crippen LogP contribution < -0.4 is 5.32 Å². The Morgan fingerprint density at radius 1 is 1.36 bits per heavy atom. The Labute approximate surface area is 145 Å². The predicted molar refractivity (Wildman–Crippen MR) is 90.4 cm³/mol. The highest BCUT2D eigenvalue weighted by atomic mass is 32.2. The number of sulfone groups is 1. The summed E-state index contributed by atoms with van der Waals surface area (Å²) in [4.78, 5) is 12.7. The number of fused-ring (bicyclic) bond motifs is 1. The number of nitrogens with one attached hydrogen (secondary N) is 1. The zero-order chi connectivity index (χ0) is 17.6. The number of carbonyl (C=O) groups excluding carboxylic acids is 1. The maximum absolute atomic E-state index is 12.7. The Morgan fingerprint density at radius 3 is 2.84 bits per heavy atom. The van der Waals surface area contributed by atoms with E-state index in [2.05, 4.69) is 15.6 Å². The molecule has 1 atom stereocenters. The zero-order valence-corrected chi connectivity index (χ0v) is 14.8. The molecule has 0 unspecified atom stereocenters. The summed E-state index contributed by atoms with van der Waals surface area (Å²) < 4.78 is 30.4. The first-order valence-electron chi connectivity index (χ1n) is 8.48. The minimum atomic E-state index is -3.01. The maximum atomic E-state index is 12.7. The second-order valence-electron chi connectivity index (χ2n) is 6.76. The fraction of sp³-hybridized carbons (Fsp3) is 0.562. The van der Waals surface area contributed by atoms with Crippen LogP contribution >= 0.6 is 0 Å². The molecule has 1 amide bonds. The van der Waals surface area contributed by atoms with Crippen molar-refractivity contribution < 1.29 is 17.7 Å². The monoisotopic (exact) mass is 364 g/mol. The van der Waals surface area contributed by atoms with Crippen molar-refractivity contribution >= 4 is 21.6 Å². The molecule has 0 spiro atoms. The molecule has 1 aliphatic carbocycles. The zero-order valence-electron chi connectivity index (χ0n) is 14.0. The highest BCUT2D eigenvalue weighted by Crippen LogP contribution is 2.31. The van der Waals surface area contributed by atoms with Gasteiger partial charge in [0.15, 0.2) is 21.3 Å². The van der Waals surface area contributed by atoms with Crippen LogP contribution in [0.3, 0.4) is 0 Å². The van der Waals surface area contributed by atoms with Crippen molar-refractivity contribution in [2.24, 2.45) is 0 Å². The van der Waals surface area contributed by atoms with Crippen LogP contribution in [0.4, 0.5) is 5.82 Å². The van der Waals surface area contributed by atoms with Crippen LogP contribution in [0.2, 0.25) is 0 Å². The number of rotatable bonds is 3. The summed E-state index contributed by atoms with van der Waals surface area (Å²) in [6.07, 6.45) is 4.21. The Kier molecular flexibility index (Phi) is 3.90. The average molecular weight is 364 g/mol. The molecule has 0 aromatic carbocycles. The van der Waals surface area contributed by atoms with Gasteiger partial charge >= 0.3 is 0 Å². The van der Waals surface area contributed by atoms with Crippen LogP contribution in [0, 0.1) is 6.92 Å². The van der Waals surface area contributed by atoms with Crippen molar-refractivity contribution in [1.29, 1.82) is 0 Å².